The first-order valence-corrected chi connectivity index (χ1v) is 9.98. The van der Waals surface area contributed by atoms with E-state index in [0.717, 1.165) is 27.8 Å². The molecule has 4 rings (SSSR count). The molecule has 0 spiro atoms. The van der Waals surface area contributed by atoms with Crippen molar-refractivity contribution in [3.05, 3.63) is 88.9 Å². The van der Waals surface area contributed by atoms with Gasteiger partial charge in [-0.2, -0.15) is 0 Å². The monoisotopic (exact) mass is 421 g/mol. The summed E-state index contributed by atoms with van der Waals surface area (Å²) in [6.07, 6.45) is 0. The van der Waals surface area contributed by atoms with Crippen molar-refractivity contribution in [2.75, 3.05) is 10.6 Å². The summed E-state index contributed by atoms with van der Waals surface area (Å²) in [5.41, 5.74) is 10.7. The van der Waals surface area contributed by atoms with Crippen LogP contribution in [-0.4, -0.2) is 14.7 Å². The van der Waals surface area contributed by atoms with E-state index in [9.17, 15) is 0 Å². The Morgan fingerprint density at radius 1 is 0.931 bits per heavy atom. The van der Waals surface area contributed by atoms with Gasteiger partial charge in [0.2, 0.25) is 5.95 Å². The molecule has 0 amide bonds. The first-order chi connectivity index (χ1) is 14.1. The Bertz CT molecular complexity index is 1140. The van der Waals surface area contributed by atoms with Crippen LogP contribution in [0.5, 0.6) is 0 Å². The summed E-state index contributed by atoms with van der Waals surface area (Å²) in [6.45, 7) is 1.16. The largest absolute Gasteiger partial charge is 0.332 e. The number of benzene rings is 3. The number of imidazole rings is 1. The van der Waals surface area contributed by atoms with Crippen LogP contribution in [0.4, 0.5) is 11.6 Å². The van der Waals surface area contributed by atoms with Crippen LogP contribution in [0.15, 0.2) is 72.8 Å². The van der Waals surface area contributed by atoms with Crippen LogP contribution in [0.1, 0.15) is 11.1 Å². The van der Waals surface area contributed by atoms with Crippen LogP contribution in [0.25, 0.3) is 11.0 Å². The number of nitrogens with one attached hydrogen (secondary N) is 2. The van der Waals surface area contributed by atoms with Crippen molar-refractivity contribution in [2.24, 2.45) is 5.73 Å². The van der Waals surface area contributed by atoms with E-state index >= 15 is 0 Å². The highest BCUT2D eigenvalue weighted by Gasteiger charge is 2.12. The molecule has 0 saturated carbocycles. The number of nitrogens with two attached hydrogens (primary N) is 1. The Balaban J connectivity index is 1.58. The Morgan fingerprint density at radius 2 is 1.62 bits per heavy atom. The summed E-state index contributed by atoms with van der Waals surface area (Å²) < 4.78 is 2.10. The van der Waals surface area contributed by atoms with Crippen molar-refractivity contribution in [1.82, 2.24) is 9.55 Å². The number of hydrogen-bond acceptors (Lipinski definition) is 3. The summed E-state index contributed by atoms with van der Waals surface area (Å²) in [6, 6.07) is 23.7. The molecule has 7 heteroatoms. The third kappa shape index (κ3) is 4.56. The minimum absolute atomic E-state index is 0.471. The van der Waals surface area contributed by atoms with E-state index in [2.05, 4.69) is 15.2 Å². The molecule has 0 aliphatic carbocycles. The fraction of sp³-hybridized carbons (Fsp3) is 0.0909. The summed E-state index contributed by atoms with van der Waals surface area (Å²) in [4.78, 5) is 4.72. The number of rotatable bonds is 5. The quantitative estimate of drug-likeness (QED) is 0.395. The van der Waals surface area contributed by atoms with E-state index in [4.69, 9.17) is 34.5 Å². The van der Waals surface area contributed by atoms with E-state index in [0.29, 0.717) is 29.2 Å². The van der Waals surface area contributed by atoms with Crippen molar-refractivity contribution in [2.45, 2.75) is 13.1 Å². The van der Waals surface area contributed by atoms with E-state index in [1.807, 2.05) is 72.8 Å². The van der Waals surface area contributed by atoms with Crippen LogP contribution >= 0.6 is 23.8 Å². The standard InChI is InChI=1S/C22H20ClN5S/c23-17-9-5-16(6-10-17)14-28-20-4-2-1-3-19(20)26-21(28)27-22(29)25-18-11-7-15(13-24)8-12-18/h1-12H,13-14,24H2,(H2,25,26,27,29). The molecule has 0 aliphatic rings. The lowest BCUT2D eigenvalue weighted by Gasteiger charge is -2.13. The van der Waals surface area contributed by atoms with E-state index in [1.165, 1.54) is 0 Å². The zero-order chi connectivity index (χ0) is 20.2. The van der Waals surface area contributed by atoms with Crippen molar-refractivity contribution in [1.29, 1.82) is 0 Å². The van der Waals surface area contributed by atoms with Gasteiger partial charge >= 0.3 is 0 Å². The van der Waals surface area contributed by atoms with Crippen LogP contribution in [-0.2, 0) is 13.1 Å². The highest BCUT2D eigenvalue weighted by Crippen LogP contribution is 2.22. The van der Waals surface area contributed by atoms with Gasteiger partial charge in [0.15, 0.2) is 5.11 Å². The fourth-order valence-electron chi connectivity index (χ4n) is 3.09. The van der Waals surface area contributed by atoms with Gasteiger partial charge in [-0.3, -0.25) is 0 Å². The molecule has 1 aromatic heterocycles. The zero-order valence-electron chi connectivity index (χ0n) is 15.6. The van der Waals surface area contributed by atoms with Crippen molar-refractivity contribution in [3.63, 3.8) is 0 Å². The second kappa shape index (κ2) is 8.61. The van der Waals surface area contributed by atoms with Crippen molar-refractivity contribution < 1.29 is 0 Å². The predicted molar refractivity (Wildman–Crippen MR) is 124 cm³/mol. The van der Waals surface area contributed by atoms with Gasteiger partial charge < -0.3 is 20.9 Å². The molecular formula is C22H20ClN5S. The van der Waals surface area contributed by atoms with Crippen molar-refractivity contribution in [3.8, 4) is 0 Å². The van der Waals surface area contributed by atoms with Gasteiger partial charge in [-0.15, -0.1) is 0 Å². The third-order valence-corrected chi connectivity index (χ3v) is 5.04. The number of nitrogens with zero attached hydrogens (tertiary/aromatic N) is 2. The van der Waals surface area contributed by atoms with Crippen LogP contribution in [0.2, 0.25) is 5.02 Å². The minimum Gasteiger partial charge on any atom is -0.332 e. The SMILES string of the molecule is NCc1ccc(NC(=S)Nc2nc3ccccc3n2Cc2ccc(Cl)cc2)cc1. The molecule has 0 atom stereocenters. The Kier molecular flexibility index (Phi) is 5.76. The molecule has 29 heavy (non-hydrogen) atoms. The molecule has 5 nitrogen and oxygen atoms in total. The molecule has 4 N–H and O–H groups in total. The molecule has 3 aromatic carbocycles. The van der Waals surface area contributed by atoms with Gasteiger partial charge in [0.05, 0.1) is 17.6 Å². The summed E-state index contributed by atoms with van der Waals surface area (Å²) in [7, 11) is 0. The first-order valence-electron chi connectivity index (χ1n) is 9.19. The van der Waals surface area contributed by atoms with E-state index in [-0.39, 0.29) is 0 Å². The lowest BCUT2D eigenvalue weighted by Crippen LogP contribution is -2.21. The second-order valence-electron chi connectivity index (χ2n) is 6.62. The van der Waals surface area contributed by atoms with E-state index < -0.39 is 0 Å². The predicted octanol–water partition coefficient (Wildman–Crippen LogP) is 5.01. The number of para-hydroxylation sites is 2. The van der Waals surface area contributed by atoms with Crippen LogP contribution in [0, 0.1) is 0 Å². The summed E-state index contributed by atoms with van der Waals surface area (Å²) >= 11 is 11.5. The smallest absolute Gasteiger partial charge is 0.210 e. The number of halogens is 1. The van der Waals surface area contributed by atoms with Crippen LogP contribution in [0.3, 0.4) is 0 Å². The topological polar surface area (TPSA) is 67.9 Å². The van der Waals surface area contributed by atoms with Crippen molar-refractivity contribution >= 4 is 51.6 Å². The molecule has 0 saturated heterocycles. The van der Waals surface area contributed by atoms with Gasteiger partial charge in [0.1, 0.15) is 0 Å². The number of thiocarbonyl (C=S) groups is 1. The highest BCUT2D eigenvalue weighted by molar-refractivity contribution is 7.80. The second-order valence-corrected chi connectivity index (χ2v) is 7.46. The van der Waals surface area contributed by atoms with Gasteiger partial charge in [-0.25, -0.2) is 4.98 Å². The Labute approximate surface area is 179 Å². The molecule has 1 heterocycles. The van der Waals surface area contributed by atoms with Crippen LogP contribution < -0.4 is 16.4 Å². The number of anilines is 2. The minimum atomic E-state index is 0.471. The zero-order valence-corrected chi connectivity index (χ0v) is 17.2. The molecule has 0 radical (unpaired) electrons. The Hall–Kier alpha value is -2.93. The van der Waals surface area contributed by atoms with Gasteiger partial charge in [0.25, 0.3) is 0 Å². The summed E-state index contributed by atoms with van der Waals surface area (Å²) in [5, 5.41) is 7.61. The third-order valence-electron chi connectivity index (χ3n) is 4.58. The first kappa shape index (κ1) is 19.4. The maximum Gasteiger partial charge on any atom is 0.210 e. The number of hydrogen-bond donors (Lipinski definition) is 3. The maximum atomic E-state index is 6.02. The number of aromatic nitrogens is 2. The van der Waals surface area contributed by atoms with Gasteiger partial charge in [-0.05, 0) is 59.7 Å². The average molecular weight is 422 g/mol. The lowest BCUT2D eigenvalue weighted by molar-refractivity contribution is 0.837. The lowest BCUT2D eigenvalue weighted by atomic mass is 10.2. The van der Waals surface area contributed by atoms with Gasteiger partial charge in [0, 0.05) is 17.3 Å². The molecule has 0 unspecified atom stereocenters. The average Bonchev–Trinajstić information content (AvgIpc) is 3.07. The molecule has 0 bridgehead atoms. The Morgan fingerprint density at radius 3 is 2.34 bits per heavy atom. The fourth-order valence-corrected chi connectivity index (χ4v) is 3.43. The molecule has 146 valence electrons. The molecule has 4 aromatic rings. The number of fused-ring (bicyclic) bond motifs is 1. The van der Waals surface area contributed by atoms with Gasteiger partial charge in [-0.1, -0.05) is 48.0 Å². The summed E-state index contributed by atoms with van der Waals surface area (Å²) in [5.74, 6) is 0.678. The van der Waals surface area contributed by atoms with E-state index in [1.54, 1.807) is 0 Å². The normalized spacial score (nSPS) is 10.8. The highest BCUT2D eigenvalue weighted by atomic mass is 35.5. The molecular weight excluding hydrogens is 402 g/mol. The molecule has 0 aliphatic heterocycles. The molecule has 0 fully saturated rings. The maximum absolute atomic E-state index is 6.02.